The van der Waals surface area contributed by atoms with Gasteiger partial charge in [0.2, 0.25) is 0 Å². The van der Waals surface area contributed by atoms with Gasteiger partial charge in [-0.1, -0.05) is 45.0 Å². The number of hydrogen-bond donors (Lipinski definition) is 1. The Morgan fingerprint density at radius 1 is 1.14 bits per heavy atom. The van der Waals surface area contributed by atoms with Crippen LogP contribution in [0.5, 0.6) is 0 Å². The first-order valence-corrected chi connectivity index (χ1v) is 7.84. The highest BCUT2D eigenvalue weighted by atomic mass is 16.3. The van der Waals surface area contributed by atoms with E-state index in [9.17, 15) is 5.11 Å². The molecule has 3 heteroatoms. The first kappa shape index (κ1) is 15.9. The fraction of sp³-hybridized carbons (Fsp3) is 0.500. The van der Waals surface area contributed by atoms with Crippen LogP contribution in [0.4, 0.5) is 0 Å². The van der Waals surface area contributed by atoms with Crippen molar-refractivity contribution in [3.63, 3.8) is 0 Å². The molecule has 3 nitrogen and oxygen atoms in total. The topological polar surface area (TPSA) is 36.4 Å². The zero-order valence-electron chi connectivity index (χ0n) is 13.5. The molecule has 1 aromatic carbocycles. The first-order chi connectivity index (χ1) is 10.1. The molecular formula is C18H26N2O. The van der Waals surface area contributed by atoms with Crippen LogP contribution in [0, 0.1) is 0 Å². The molecule has 1 aromatic heterocycles. The molecule has 0 bridgehead atoms. The minimum atomic E-state index is -0.555. The zero-order valence-corrected chi connectivity index (χ0v) is 13.5. The Bertz CT molecular complexity index is 589. The summed E-state index contributed by atoms with van der Waals surface area (Å²) < 4.78 is 0. The number of aliphatic hydroxyl groups excluding tert-OH is 1. The van der Waals surface area contributed by atoms with E-state index in [4.69, 9.17) is 0 Å². The smallest absolute Gasteiger partial charge is 0.0991 e. The van der Waals surface area contributed by atoms with Crippen LogP contribution >= 0.6 is 0 Å². The second kappa shape index (κ2) is 6.54. The predicted octanol–water partition coefficient (Wildman–Crippen LogP) is 3.78. The van der Waals surface area contributed by atoms with Crippen molar-refractivity contribution in [2.45, 2.75) is 45.8 Å². The average molecular weight is 286 g/mol. The van der Waals surface area contributed by atoms with Crippen molar-refractivity contribution in [1.29, 1.82) is 0 Å². The summed E-state index contributed by atoms with van der Waals surface area (Å²) in [5, 5.41) is 13.3. The number of aliphatic hydroxyl groups is 1. The van der Waals surface area contributed by atoms with Crippen LogP contribution in [0.2, 0.25) is 0 Å². The van der Waals surface area contributed by atoms with Crippen molar-refractivity contribution >= 4 is 10.8 Å². The van der Waals surface area contributed by atoms with Gasteiger partial charge in [0.05, 0.1) is 6.10 Å². The second-order valence-corrected chi connectivity index (χ2v) is 5.74. The van der Waals surface area contributed by atoms with Gasteiger partial charge in [-0.05, 0) is 31.8 Å². The molecule has 0 saturated carbocycles. The molecule has 0 amide bonds. The molecule has 1 N–H and O–H groups in total. The number of rotatable bonds is 6. The van der Waals surface area contributed by atoms with Crippen LogP contribution in [0.3, 0.4) is 0 Å². The summed E-state index contributed by atoms with van der Waals surface area (Å²) in [6.45, 7) is 10.4. The summed E-state index contributed by atoms with van der Waals surface area (Å²) >= 11 is 0. The third-order valence-electron chi connectivity index (χ3n) is 4.78. The molecular weight excluding hydrogens is 260 g/mol. The number of fused-ring (bicyclic) bond motifs is 1. The van der Waals surface area contributed by atoms with Gasteiger partial charge < -0.3 is 5.11 Å². The van der Waals surface area contributed by atoms with Gasteiger partial charge in [0.15, 0.2) is 0 Å². The third kappa shape index (κ3) is 2.81. The first-order valence-electron chi connectivity index (χ1n) is 7.84. The fourth-order valence-corrected chi connectivity index (χ4v) is 3.23. The lowest BCUT2D eigenvalue weighted by Gasteiger charge is -2.43. The van der Waals surface area contributed by atoms with Crippen molar-refractivity contribution < 1.29 is 5.11 Å². The number of pyridine rings is 1. The molecule has 0 spiro atoms. The van der Waals surface area contributed by atoms with Gasteiger partial charge >= 0.3 is 0 Å². The number of likely N-dealkylation sites (N-methyl/N-ethyl adjacent to an activating group) is 1. The molecule has 0 aliphatic heterocycles. The Balaban J connectivity index is 2.52. The van der Waals surface area contributed by atoms with Crippen molar-refractivity contribution in [3.05, 3.63) is 42.2 Å². The highest BCUT2D eigenvalue weighted by molar-refractivity contribution is 5.85. The lowest BCUT2D eigenvalue weighted by molar-refractivity contribution is -0.0207. The van der Waals surface area contributed by atoms with Crippen molar-refractivity contribution in [1.82, 2.24) is 9.88 Å². The summed E-state index contributed by atoms with van der Waals surface area (Å²) in [7, 11) is 0. The lowest BCUT2D eigenvalue weighted by Crippen LogP contribution is -2.50. The molecule has 2 unspecified atom stereocenters. The highest BCUT2D eigenvalue weighted by Crippen LogP contribution is 2.36. The molecule has 114 valence electrons. The maximum atomic E-state index is 11.1. The minimum absolute atomic E-state index is 0.282. The predicted molar refractivity (Wildman–Crippen MR) is 88.3 cm³/mol. The standard InChI is InChI=1S/C18H26N2O/c1-5-18(4,20(6-2)7-3)17(21)16-13-19-12-14-10-8-9-11-15(14)16/h8-13,17,21H,5-7H2,1-4H3. The molecule has 0 saturated heterocycles. The van der Waals surface area contributed by atoms with E-state index < -0.39 is 6.10 Å². The second-order valence-electron chi connectivity index (χ2n) is 5.74. The van der Waals surface area contributed by atoms with Crippen molar-refractivity contribution in [2.75, 3.05) is 13.1 Å². The Labute approximate surface area is 127 Å². The summed E-state index contributed by atoms with van der Waals surface area (Å²) in [6, 6.07) is 8.12. The number of hydrogen-bond acceptors (Lipinski definition) is 3. The van der Waals surface area contributed by atoms with Gasteiger partial charge in [0.25, 0.3) is 0 Å². The molecule has 0 radical (unpaired) electrons. The highest BCUT2D eigenvalue weighted by Gasteiger charge is 2.37. The van der Waals surface area contributed by atoms with Crippen LogP contribution < -0.4 is 0 Å². The fourth-order valence-electron chi connectivity index (χ4n) is 3.23. The van der Waals surface area contributed by atoms with E-state index in [0.717, 1.165) is 35.8 Å². The maximum absolute atomic E-state index is 11.1. The molecule has 2 atom stereocenters. The van der Waals surface area contributed by atoms with Crippen LogP contribution in [-0.2, 0) is 0 Å². The number of benzene rings is 1. The van der Waals surface area contributed by atoms with Crippen molar-refractivity contribution in [3.8, 4) is 0 Å². The minimum Gasteiger partial charge on any atom is -0.386 e. The van der Waals surface area contributed by atoms with E-state index >= 15 is 0 Å². The molecule has 0 aliphatic rings. The van der Waals surface area contributed by atoms with E-state index in [1.807, 2.05) is 30.6 Å². The summed E-state index contributed by atoms with van der Waals surface area (Å²) in [5.41, 5.74) is 0.638. The van der Waals surface area contributed by atoms with Crippen LogP contribution in [0.15, 0.2) is 36.7 Å². The quantitative estimate of drug-likeness (QED) is 0.878. The van der Waals surface area contributed by atoms with E-state index in [-0.39, 0.29) is 5.54 Å². The molecule has 2 rings (SSSR count). The van der Waals surface area contributed by atoms with E-state index in [1.165, 1.54) is 0 Å². The van der Waals surface area contributed by atoms with E-state index in [0.29, 0.717) is 0 Å². The van der Waals surface area contributed by atoms with Crippen molar-refractivity contribution in [2.24, 2.45) is 0 Å². The largest absolute Gasteiger partial charge is 0.386 e. The Morgan fingerprint density at radius 2 is 1.81 bits per heavy atom. The lowest BCUT2D eigenvalue weighted by atomic mass is 9.84. The summed E-state index contributed by atoms with van der Waals surface area (Å²) in [6.07, 6.45) is 4.00. The molecule has 21 heavy (non-hydrogen) atoms. The monoisotopic (exact) mass is 286 g/mol. The maximum Gasteiger partial charge on any atom is 0.0991 e. The molecule has 1 heterocycles. The number of nitrogens with zero attached hydrogens (tertiary/aromatic N) is 2. The van der Waals surface area contributed by atoms with Crippen LogP contribution in [0.25, 0.3) is 10.8 Å². The van der Waals surface area contributed by atoms with Gasteiger partial charge in [0, 0.05) is 28.9 Å². The third-order valence-corrected chi connectivity index (χ3v) is 4.78. The normalized spacial score (nSPS) is 16.1. The SMILES string of the molecule is CCN(CC)C(C)(CC)C(O)c1cncc2ccccc12. The summed E-state index contributed by atoms with van der Waals surface area (Å²) in [5.74, 6) is 0. The van der Waals surface area contributed by atoms with Gasteiger partial charge in [-0.3, -0.25) is 9.88 Å². The summed E-state index contributed by atoms with van der Waals surface area (Å²) in [4.78, 5) is 6.65. The molecule has 0 aliphatic carbocycles. The van der Waals surface area contributed by atoms with Gasteiger partial charge in [0.1, 0.15) is 0 Å². The van der Waals surface area contributed by atoms with E-state index in [2.05, 4.69) is 43.6 Å². The van der Waals surface area contributed by atoms with Gasteiger partial charge in [-0.2, -0.15) is 0 Å². The Kier molecular flexibility index (Phi) is 4.96. The zero-order chi connectivity index (χ0) is 15.5. The van der Waals surface area contributed by atoms with Gasteiger partial charge in [-0.25, -0.2) is 0 Å². The van der Waals surface area contributed by atoms with Crippen LogP contribution in [-0.4, -0.2) is 33.6 Å². The Hall–Kier alpha value is -1.45. The van der Waals surface area contributed by atoms with Crippen LogP contribution in [0.1, 0.15) is 45.8 Å². The average Bonchev–Trinajstić information content (AvgIpc) is 2.54. The molecule has 2 aromatic rings. The Morgan fingerprint density at radius 3 is 2.43 bits per heavy atom. The molecule has 0 fully saturated rings. The van der Waals surface area contributed by atoms with Gasteiger partial charge in [-0.15, -0.1) is 0 Å². The number of aromatic nitrogens is 1. The van der Waals surface area contributed by atoms with E-state index in [1.54, 1.807) is 0 Å².